The molecule has 0 unspecified atom stereocenters. The molecule has 3 heteroatoms. The van der Waals surface area contributed by atoms with E-state index in [2.05, 4.69) is 52.7 Å². The maximum atomic E-state index is 8.58. The van der Waals surface area contributed by atoms with Crippen LogP contribution in [0, 0.1) is 5.41 Å². The van der Waals surface area contributed by atoms with Crippen molar-refractivity contribution in [2.75, 3.05) is 18.4 Å². The Bertz CT molecular complexity index is 685. The Morgan fingerprint density at radius 1 is 0.955 bits per heavy atom. The van der Waals surface area contributed by atoms with Crippen LogP contribution in [0.1, 0.15) is 24.0 Å². The van der Waals surface area contributed by atoms with Gasteiger partial charge in [-0.1, -0.05) is 48.5 Å². The summed E-state index contributed by atoms with van der Waals surface area (Å²) in [6.07, 6.45) is 2.01. The van der Waals surface area contributed by atoms with Gasteiger partial charge in [0.05, 0.1) is 11.3 Å². The van der Waals surface area contributed by atoms with Gasteiger partial charge in [-0.05, 0) is 24.5 Å². The van der Waals surface area contributed by atoms with Crippen molar-refractivity contribution >= 4 is 11.4 Å². The van der Waals surface area contributed by atoms with Crippen LogP contribution in [0.5, 0.6) is 0 Å². The van der Waals surface area contributed by atoms with Gasteiger partial charge in [-0.25, -0.2) is 0 Å². The molecule has 22 heavy (non-hydrogen) atoms. The Morgan fingerprint density at radius 3 is 2.36 bits per heavy atom. The number of anilines is 1. The molecule has 2 aliphatic rings. The highest BCUT2D eigenvalue weighted by molar-refractivity contribution is 6.15. The molecule has 1 saturated heterocycles. The Morgan fingerprint density at radius 2 is 1.64 bits per heavy atom. The second-order valence-electron chi connectivity index (χ2n) is 6.39. The number of nitrogens with one attached hydrogen (secondary N) is 2. The summed E-state index contributed by atoms with van der Waals surface area (Å²) in [4.78, 5) is 2.50. The Balaban J connectivity index is 1.46. The second-order valence-corrected chi connectivity index (χ2v) is 6.39. The topological polar surface area (TPSA) is 39.1 Å². The number of fused-ring (bicyclic) bond motifs is 1. The number of para-hydroxylation sites is 1. The molecule has 0 amide bonds. The summed E-state index contributed by atoms with van der Waals surface area (Å²) in [7, 11) is 0. The van der Waals surface area contributed by atoms with E-state index in [9.17, 15) is 0 Å². The lowest BCUT2D eigenvalue weighted by Gasteiger charge is -2.39. The van der Waals surface area contributed by atoms with E-state index in [1.165, 1.54) is 5.56 Å². The molecular formula is C19H21N3. The van der Waals surface area contributed by atoms with Crippen molar-refractivity contribution in [1.29, 1.82) is 5.41 Å². The number of nitrogens with zero attached hydrogens (tertiary/aromatic N) is 1. The van der Waals surface area contributed by atoms with Crippen LogP contribution < -0.4 is 5.32 Å². The van der Waals surface area contributed by atoms with Crippen LogP contribution >= 0.6 is 0 Å². The third-order valence-electron chi connectivity index (χ3n) is 5.01. The monoisotopic (exact) mass is 291 g/mol. The zero-order chi connectivity index (χ0) is 15.0. The highest BCUT2D eigenvalue weighted by Gasteiger charge is 2.43. The third-order valence-corrected chi connectivity index (χ3v) is 5.01. The highest BCUT2D eigenvalue weighted by atomic mass is 15.2. The van der Waals surface area contributed by atoms with Gasteiger partial charge in [-0.15, -0.1) is 0 Å². The van der Waals surface area contributed by atoms with Crippen molar-refractivity contribution in [1.82, 2.24) is 4.90 Å². The lowest BCUT2D eigenvalue weighted by atomic mass is 9.83. The zero-order valence-electron chi connectivity index (χ0n) is 12.7. The van der Waals surface area contributed by atoms with Crippen molar-refractivity contribution in [3.05, 3.63) is 65.7 Å². The molecule has 4 rings (SSSR count). The first-order valence-electron chi connectivity index (χ1n) is 8.00. The molecule has 0 aromatic heterocycles. The van der Waals surface area contributed by atoms with Gasteiger partial charge in [0.25, 0.3) is 0 Å². The summed E-state index contributed by atoms with van der Waals surface area (Å²) in [5.74, 6) is 0. The molecule has 0 saturated carbocycles. The fourth-order valence-electron chi connectivity index (χ4n) is 3.70. The Hall–Kier alpha value is -2.13. The molecule has 0 atom stereocenters. The first kappa shape index (κ1) is 13.5. The van der Waals surface area contributed by atoms with E-state index < -0.39 is 0 Å². The van der Waals surface area contributed by atoms with Crippen molar-refractivity contribution in [2.45, 2.75) is 24.9 Å². The minimum Gasteiger partial charge on any atom is -0.373 e. The van der Waals surface area contributed by atoms with Crippen LogP contribution in [0.25, 0.3) is 0 Å². The molecule has 2 aromatic rings. The lowest BCUT2D eigenvalue weighted by molar-refractivity contribution is 0.195. The van der Waals surface area contributed by atoms with Crippen LogP contribution in [0.3, 0.4) is 0 Å². The van der Waals surface area contributed by atoms with Gasteiger partial charge in [-0.2, -0.15) is 0 Å². The molecule has 2 N–H and O–H groups in total. The molecule has 0 aliphatic carbocycles. The summed E-state index contributed by atoms with van der Waals surface area (Å²) in [6, 6.07) is 18.9. The average Bonchev–Trinajstić information content (AvgIpc) is 2.84. The SMILES string of the molecule is N=C1c2ccccc2NC12CCN(Cc1ccccc1)CC2. The first-order chi connectivity index (χ1) is 10.8. The van der Waals surface area contributed by atoms with Crippen LogP contribution in [-0.2, 0) is 6.54 Å². The normalized spacial score (nSPS) is 19.9. The van der Waals surface area contributed by atoms with E-state index in [-0.39, 0.29) is 5.54 Å². The van der Waals surface area contributed by atoms with Crippen molar-refractivity contribution in [3.8, 4) is 0 Å². The number of piperidine rings is 1. The maximum Gasteiger partial charge on any atom is 0.0820 e. The van der Waals surface area contributed by atoms with Gasteiger partial charge < -0.3 is 10.7 Å². The van der Waals surface area contributed by atoms with E-state index in [4.69, 9.17) is 5.41 Å². The largest absolute Gasteiger partial charge is 0.373 e. The quantitative estimate of drug-likeness (QED) is 0.888. The van der Waals surface area contributed by atoms with E-state index >= 15 is 0 Å². The molecule has 2 aromatic carbocycles. The van der Waals surface area contributed by atoms with Gasteiger partial charge >= 0.3 is 0 Å². The van der Waals surface area contributed by atoms with Gasteiger partial charge in [0, 0.05) is 30.9 Å². The number of benzene rings is 2. The average molecular weight is 291 g/mol. The van der Waals surface area contributed by atoms with Crippen LogP contribution in [0.2, 0.25) is 0 Å². The lowest BCUT2D eigenvalue weighted by Crippen LogP contribution is -2.51. The van der Waals surface area contributed by atoms with Gasteiger partial charge in [0.15, 0.2) is 0 Å². The molecule has 112 valence electrons. The fourth-order valence-corrected chi connectivity index (χ4v) is 3.70. The molecule has 0 radical (unpaired) electrons. The smallest absolute Gasteiger partial charge is 0.0820 e. The van der Waals surface area contributed by atoms with Gasteiger partial charge in [-0.3, -0.25) is 4.90 Å². The Labute approximate surface area is 131 Å². The molecular weight excluding hydrogens is 270 g/mol. The molecule has 0 bridgehead atoms. The van der Waals surface area contributed by atoms with E-state index in [0.29, 0.717) is 0 Å². The van der Waals surface area contributed by atoms with Gasteiger partial charge in [0.2, 0.25) is 0 Å². The van der Waals surface area contributed by atoms with E-state index in [1.54, 1.807) is 0 Å². The molecule has 1 spiro atoms. The number of likely N-dealkylation sites (tertiary alicyclic amines) is 1. The molecule has 2 heterocycles. The van der Waals surface area contributed by atoms with Crippen LogP contribution in [-0.4, -0.2) is 29.2 Å². The van der Waals surface area contributed by atoms with Crippen LogP contribution in [0.15, 0.2) is 54.6 Å². The molecule has 2 aliphatic heterocycles. The van der Waals surface area contributed by atoms with E-state index in [0.717, 1.165) is 49.4 Å². The fraction of sp³-hybridized carbons (Fsp3) is 0.316. The van der Waals surface area contributed by atoms with Crippen molar-refractivity contribution in [3.63, 3.8) is 0 Å². The Kier molecular flexibility index (Phi) is 3.23. The van der Waals surface area contributed by atoms with Crippen LogP contribution in [0.4, 0.5) is 5.69 Å². The summed E-state index contributed by atoms with van der Waals surface area (Å²) >= 11 is 0. The van der Waals surface area contributed by atoms with Crippen molar-refractivity contribution in [2.24, 2.45) is 0 Å². The number of rotatable bonds is 2. The predicted octanol–water partition coefficient (Wildman–Crippen LogP) is 3.51. The third kappa shape index (κ3) is 2.22. The highest BCUT2D eigenvalue weighted by Crippen LogP contribution is 2.38. The number of hydrogen-bond acceptors (Lipinski definition) is 3. The minimum absolute atomic E-state index is 0.142. The van der Waals surface area contributed by atoms with Gasteiger partial charge in [0.1, 0.15) is 0 Å². The standard InChI is InChI=1S/C19H21N3/c20-18-16-8-4-5-9-17(16)21-19(18)10-12-22(13-11-19)14-15-6-2-1-3-7-15/h1-9,20-21H,10-14H2. The maximum absolute atomic E-state index is 8.58. The van der Waals surface area contributed by atoms with Crippen molar-refractivity contribution < 1.29 is 0 Å². The summed E-state index contributed by atoms with van der Waals surface area (Å²) in [6.45, 7) is 3.09. The molecule has 1 fully saturated rings. The second kappa shape index (κ2) is 5.25. The summed E-state index contributed by atoms with van der Waals surface area (Å²) in [5, 5.41) is 12.2. The number of hydrogen-bond donors (Lipinski definition) is 2. The predicted molar refractivity (Wildman–Crippen MR) is 90.6 cm³/mol. The van der Waals surface area contributed by atoms with E-state index in [1.807, 2.05) is 12.1 Å². The zero-order valence-corrected chi connectivity index (χ0v) is 12.7. The molecule has 3 nitrogen and oxygen atoms in total. The summed E-state index contributed by atoms with van der Waals surface area (Å²) < 4.78 is 0. The minimum atomic E-state index is -0.142. The summed E-state index contributed by atoms with van der Waals surface area (Å²) in [5.41, 5.74) is 4.22. The first-order valence-corrected chi connectivity index (χ1v) is 8.00.